The Morgan fingerprint density at radius 1 is 1.22 bits per heavy atom. The van der Waals surface area contributed by atoms with E-state index in [1.165, 1.54) is 0 Å². The third kappa shape index (κ3) is 5.81. The third-order valence-electron chi connectivity index (χ3n) is 3.28. The predicted molar refractivity (Wildman–Crippen MR) is 88.3 cm³/mol. The van der Waals surface area contributed by atoms with E-state index < -0.39 is 17.4 Å². The van der Waals surface area contributed by atoms with Gasteiger partial charge in [0.1, 0.15) is 5.54 Å². The molecule has 0 aliphatic carbocycles. The van der Waals surface area contributed by atoms with Crippen molar-refractivity contribution in [3.8, 4) is 11.5 Å². The summed E-state index contributed by atoms with van der Waals surface area (Å²) in [7, 11) is 0. The van der Waals surface area contributed by atoms with E-state index in [9.17, 15) is 9.59 Å². The molecular formula is C17H26N2O4. The minimum atomic E-state index is -1.09. The van der Waals surface area contributed by atoms with Gasteiger partial charge in [-0.15, -0.1) is 0 Å². The van der Waals surface area contributed by atoms with Crippen LogP contribution in [0.15, 0.2) is 24.3 Å². The summed E-state index contributed by atoms with van der Waals surface area (Å²) >= 11 is 0. The normalized spacial score (nSPS) is 13.3. The van der Waals surface area contributed by atoms with Crippen LogP contribution in [0.25, 0.3) is 0 Å². The Kier molecular flexibility index (Phi) is 6.88. The summed E-state index contributed by atoms with van der Waals surface area (Å²) in [6, 6.07) is 7.11. The first-order valence-corrected chi connectivity index (χ1v) is 7.74. The molecule has 1 rings (SSSR count). The molecule has 0 heterocycles. The summed E-state index contributed by atoms with van der Waals surface area (Å²) in [6.07, 6.45) is 0.462. The number of carbonyl (C=O) groups excluding carboxylic acids is 2. The van der Waals surface area contributed by atoms with E-state index in [0.29, 0.717) is 24.5 Å². The molecule has 6 nitrogen and oxygen atoms in total. The van der Waals surface area contributed by atoms with Crippen LogP contribution in [-0.4, -0.2) is 30.6 Å². The summed E-state index contributed by atoms with van der Waals surface area (Å²) in [6.45, 7) is 7.70. The molecule has 0 aliphatic heterocycles. The number of benzene rings is 1. The van der Waals surface area contributed by atoms with Crippen LogP contribution >= 0.6 is 0 Å². The van der Waals surface area contributed by atoms with E-state index in [0.717, 1.165) is 0 Å². The van der Waals surface area contributed by atoms with Crippen molar-refractivity contribution < 1.29 is 19.1 Å². The average molecular weight is 322 g/mol. The van der Waals surface area contributed by atoms with Crippen LogP contribution in [0.5, 0.6) is 11.5 Å². The van der Waals surface area contributed by atoms with Gasteiger partial charge in [-0.25, -0.2) is 0 Å². The van der Waals surface area contributed by atoms with Crippen LogP contribution < -0.4 is 20.5 Å². The van der Waals surface area contributed by atoms with Gasteiger partial charge in [0.15, 0.2) is 18.1 Å². The van der Waals surface area contributed by atoms with Crippen LogP contribution in [0.4, 0.5) is 0 Å². The summed E-state index contributed by atoms with van der Waals surface area (Å²) < 4.78 is 10.9. The van der Waals surface area contributed by atoms with Gasteiger partial charge in [0, 0.05) is 0 Å². The van der Waals surface area contributed by atoms with E-state index in [1.54, 1.807) is 25.1 Å². The van der Waals surface area contributed by atoms with Crippen LogP contribution in [0.2, 0.25) is 0 Å². The fraction of sp³-hybridized carbons (Fsp3) is 0.529. The van der Waals surface area contributed by atoms with Gasteiger partial charge < -0.3 is 20.5 Å². The molecule has 1 aromatic carbocycles. The number of hydrogen-bond donors (Lipinski definition) is 2. The molecule has 1 atom stereocenters. The van der Waals surface area contributed by atoms with Crippen LogP contribution in [0.1, 0.15) is 34.1 Å². The molecule has 0 spiro atoms. The molecule has 0 saturated heterocycles. The number of hydrogen-bond acceptors (Lipinski definition) is 4. The average Bonchev–Trinajstić information content (AvgIpc) is 2.45. The molecule has 128 valence electrons. The number of carbonyl (C=O) groups is 2. The topological polar surface area (TPSA) is 90.7 Å². The highest BCUT2D eigenvalue weighted by atomic mass is 16.5. The van der Waals surface area contributed by atoms with Crippen molar-refractivity contribution in [3.63, 3.8) is 0 Å². The van der Waals surface area contributed by atoms with Gasteiger partial charge in [-0.05, 0) is 38.3 Å². The van der Waals surface area contributed by atoms with Gasteiger partial charge in [-0.2, -0.15) is 0 Å². The van der Waals surface area contributed by atoms with Gasteiger partial charge in [0.05, 0.1) is 6.61 Å². The number of primary amides is 1. The van der Waals surface area contributed by atoms with Crippen LogP contribution in [0.3, 0.4) is 0 Å². The van der Waals surface area contributed by atoms with Gasteiger partial charge in [-0.1, -0.05) is 26.0 Å². The summed E-state index contributed by atoms with van der Waals surface area (Å²) in [5.74, 6) is 0.302. The second-order valence-corrected chi connectivity index (χ2v) is 6.01. The lowest BCUT2D eigenvalue weighted by atomic mass is 9.90. The zero-order chi connectivity index (χ0) is 17.5. The highest BCUT2D eigenvalue weighted by molar-refractivity contribution is 5.90. The van der Waals surface area contributed by atoms with E-state index in [4.69, 9.17) is 15.2 Å². The van der Waals surface area contributed by atoms with Gasteiger partial charge in [0.2, 0.25) is 5.91 Å². The molecule has 0 radical (unpaired) electrons. The molecule has 0 fully saturated rings. The summed E-state index contributed by atoms with van der Waals surface area (Å²) in [5.41, 5.74) is 4.33. The lowest BCUT2D eigenvalue weighted by Gasteiger charge is -2.29. The van der Waals surface area contributed by atoms with Crippen LogP contribution in [-0.2, 0) is 9.59 Å². The number of para-hydroxylation sites is 2. The molecule has 2 amide bonds. The standard InChI is InChI=1S/C17H26N2O4/c1-5-22-13-8-6-7-9-14(13)23-11-15(20)19-17(4,16(18)21)10-12(2)3/h6-9,12H,5,10-11H2,1-4H3,(H2,18,21)(H,19,20)/t17-/m1/s1. The molecule has 23 heavy (non-hydrogen) atoms. The second-order valence-electron chi connectivity index (χ2n) is 6.01. The minimum Gasteiger partial charge on any atom is -0.490 e. The van der Waals surface area contributed by atoms with Crippen molar-refractivity contribution in [2.45, 2.75) is 39.7 Å². The number of nitrogens with two attached hydrogens (primary N) is 1. The van der Waals surface area contributed by atoms with E-state index in [-0.39, 0.29) is 12.5 Å². The Labute approximate surface area is 137 Å². The fourth-order valence-electron chi connectivity index (χ4n) is 2.36. The first kappa shape index (κ1) is 18.8. The zero-order valence-corrected chi connectivity index (χ0v) is 14.2. The van der Waals surface area contributed by atoms with Crippen molar-refractivity contribution in [2.24, 2.45) is 11.7 Å². The minimum absolute atomic E-state index is 0.215. The predicted octanol–water partition coefficient (Wildman–Crippen LogP) is 1.87. The summed E-state index contributed by atoms with van der Waals surface area (Å²) in [4.78, 5) is 23.8. The Morgan fingerprint density at radius 2 is 1.78 bits per heavy atom. The first-order chi connectivity index (χ1) is 10.8. The Bertz CT molecular complexity index is 545. The molecule has 1 aromatic rings. The van der Waals surface area contributed by atoms with E-state index >= 15 is 0 Å². The van der Waals surface area contributed by atoms with Crippen molar-refractivity contribution in [1.82, 2.24) is 5.32 Å². The number of ether oxygens (including phenoxy) is 2. The quantitative estimate of drug-likeness (QED) is 0.726. The molecule has 0 aliphatic rings. The molecule has 3 N–H and O–H groups in total. The first-order valence-electron chi connectivity index (χ1n) is 7.74. The molecule has 0 bridgehead atoms. The zero-order valence-electron chi connectivity index (χ0n) is 14.2. The number of amides is 2. The SMILES string of the molecule is CCOc1ccccc1OCC(=O)N[C@](C)(CC(C)C)C(N)=O. The third-order valence-corrected chi connectivity index (χ3v) is 3.28. The van der Waals surface area contributed by atoms with Gasteiger partial charge >= 0.3 is 0 Å². The maximum absolute atomic E-state index is 12.1. The highest BCUT2D eigenvalue weighted by Gasteiger charge is 2.33. The maximum atomic E-state index is 12.1. The Balaban J connectivity index is 2.68. The molecule has 0 saturated carbocycles. The Morgan fingerprint density at radius 3 is 2.26 bits per heavy atom. The molecule has 6 heteroatoms. The van der Waals surface area contributed by atoms with Crippen molar-refractivity contribution in [1.29, 1.82) is 0 Å². The maximum Gasteiger partial charge on any atom is 0.258 e. The second kappa shape index (κ2) is 8.41. The number of nitrogens with one attached hydrogen (secondary N) is 1. The molecular weight excluding hydrogens is 296 g/mol. The lowest BCUT2D eigenvalue weighted by molar-refractivity contribution is -0.132. The van der Waals surface area contributed by atoms with Crippen molar-refractivity contribution in [3.05, 3.63) is 24.3 Å². The van der Waals surface area contributed by atoms with Gasteiger partial charge in [0.25, 0.3) is 5.91 Å². The lowest BCUT2D eigenvalue weighted by Crippen LogP contribution is -2.57. The number of rotatable bonds is 9. The van der Waals surface area contributed by atoms with Crippen LogP contribution in [0, 0.1) is 5.92 Å². The van der Waals surface area contributed by atoms with Gasteiger partial charge in [-0.3, -0.25) is 9.59 Å². The molecule has 0 aromatic heterocycles. The largest absolute Gasteiger partial charge is 0.490 e. The smallest absolute Gasteiger partial charge is 0.258 e. The van der Waals surface area contributed by atoms with Crippen molar-refractivity contribution >= 4 is 11.8 Å². The molecule has 0 unspecified atom stereocenters. The summed E-state index contributed by atoms with van der Waals surface area (Å²) in [5, 5.41) is 2.67. The van der Waals surface area contributed by atoms with E-state index in [1.807, 2.05) is 26.8 Å². The fourth-order valence-corrected chi connectivity index (χ4v) is 2.36. The van der Waals surface area contributed by atoms with E-state index in [2.05, 4.69) is 5.32 Å². The van der Waals surface area contributed by atoms with Crippen molar-refractivity contribution in [2.75, 3.05) is 13.2 Å². The Hall–Kier alpha value is -2.24. The highest BCUT2D eigenvalue weighted by Crippen LogP contribution is 2.26. The monoisotopic (exact) mass is 322 g/mol.